The minimum atomic E-state index is 0.0352. The van der Waals surface area contributed by atoms with Crippen molar-refractivity contribution >= 4 is 5.91 Å². The van der Waals surface area contributed by atoms with Crippen molar-refractivity contribution in [1.82, 2.24) is 10.6 Å². The van der Waals surface area contributed by atoms with Gasteiger partial charge in [0.15, 0.2) is 0 Å². The molecule has 4 N–H and O–H groups in total. The summed E-state index contributed by atoms with van der Waals surface area (Å²) in [6.45, 7) is 3.99. The molecule has 2 unspecified atom stereocenters. The highest BCUT2D eigenvalue weighted by Gasteiger charge is 2.22. The van der Waals surface area contributed by atoms with Crippen LogP contribution in [0.15, 0.2) is 0 Å². The maximum Gasteiger partial charge on any atom is 0.216 e. The standard InChI is InChI=1S/C8H17N3O/c1-6(12)10-5-8-2-7(3-9)4-11-8/h7-8,11H,2-5,9H2,1H3,(H,10,12). The third-order valence-electron chi connectivity index (χ3n) is 2.24. The Kier molecular flexibility index (Phi) is 3.49. The van der Waals surface area contributed by atoms with Gasteiger partial charge in [-0.15, -0.1) is 0 Å². The van der Waals surface area contributed by atoms with Gasteiger partial charge in [0.25, 0.3) is 0 Å². The maximum absolute atomic E-state index is 10.6. The summed E-state index contributed by atoms with van der Waals surface area (Å²) in [5.74, 6) is 0.622. The van der Waals surface area contributed by atoms with Crippen LogP contribution in [0.25, 0.3) is 0 Å². The number of carbonyl (C=O) groups is 1. The van der Waals surface area contributed by atoms with Crippen LogP contribution in [-0.2, 0) is 4.79 Å². The predicted octanol–water partition coefficient (Wildman–Crippen LogP) is -0.941. The van der Waals surface area contributed by atoms with E-state index in [9.17, 15) is 4.79 Å². The van der Waals surface area contributed by atoms with Crippen LogP contribution < -0.4 is 16.4 Å². The molecule has 1 fully saturated rings. The molecule has 1 saturated heterocycles. The third kappa shape index (κ3) is 2.79. The van der Waals surface area contributed by atoms with Crippen LogP contribution in [0.4, 0.5) is 0 Å². The normalized spacial score (nSPS) is 28.8. The Balaban J connectivity index is 2.15. The molecular formula is C8H17N3O. The van der Waals surface area contributed by atoms with Gasteiger partial charge in [-0.3, -0.25) is 4.79 Å². The summed E-state index contributed by atoms with van der Waals surface area (Å²) < 4.78 is 0. The summed E-state index contributed by atoms with van der Waals surface area (Å²) in [6, 6.07) is 0.419. The lowest BCUT2D eigenvalue weighted by Crippen LogP contribution is -2.35. The predicted molar refractivity (Wildman–Crippen MR) is 47.6 cm³/mol. The van der Waals surface area contributed by atoms with Gasteiger partial charge in [0.2, 0.25) is 5.91 Å². The summed E-state index contributed by atoms with van der Waals surface area (Å²) in [4.78, 5) is 10.6. The second-order valence-corrected chi connectivity index (χ2v) is 3.38. The first-order valence-corrected chi connectivity index (χ1v) is 4.40. The average Bonchev–Trinajstić information content (AvgIpc) is 2.48. The molecule has 1 aliphatic heterocycles. The van der Waals surface area contributed by atoms with E-state index in [1.54, 1.807) is 0 Å². The molecule has 0 aromatic heterocycles. The van der Waals surface area contributed by atoms with Gasteiger partial charge in [-0.2, -0.15) is 0 Å². The molecular weight excluding hydrogens is 154 g/mol. The minimum absolute atomic E-state index is 0.0352. The summed E-state index contributed by atoms with van der Waals surface area (Å²) in [7, 11) is 0. The molecule has 1 rings (SSSR count). The highest BCUT2D eigenvalue weighted by atomic mass is 16.1. The number of nitrogens with one attached hydrogen (secondary N) is 2. The number of hydrogen-bond acceptors (Lipinski definition) is 3. The molecule has 0 saturated carbocycles. The first-order chi connectivity index (χ1) is 5.72. The number of amides is 1. The van der Waals surface area contributed by atoms with E-state index in [-0.39, 0.29) is 5.91 Å². The van der Waals surface area contributed by atoms with Crippen molar-refractivity contribution in [3.8, 4) is 0 Å². The van der Waals surface area contributed by atoms with Gasteiger partial charge in [0, 0.05) is 19.5 Å². The van der Waals surface area contributed by atoms with Gasteiger partial charge < -0.3 is 16.4 Å². The molecule has 0 aromatic carbocycles. The lowest BCUT2D eigenvalue weighted by atomic mass is 10.1. The molecule has 0 spiro atoms. The van der Waals surface area contributed by atoms with E-state index in [4.69, 9.17) is 5.73 Å². The monoisotopic (exact) mass is 171 g/mol. The van der Waals surface area contributed by atoms with E-state index < -0.39 is 0 Å². The number of hydrogen-bond donors (Lipinski definition) is 3. The Bertz CT molecular complexity index is 160. The van der Waals surface area contributed by atoms with Crippen LogP contribution in [0.2, 0.25) is 0 Å². The van der Waals surface area contributed by atoms with Crippen molar-refractivity contribution in [2.24, 2.45) is 11.7 Å². The smallest absolute Gasteiger partial charge is 0.216 e. The lowest BCUT2D eigenvalue weighted by molar-refractivity contribution is -0.119. The molecule has 12 heavy (non-hydrogen) atoms. The summed E-state index contributed by atoms with van der Waals surface area (Å²) in [5.41, 5.74) is 5.52. The van der Waals surface area contributed by atoms with E-state index >= 15 is 0 Å². The highest BCUT2D eigenvalue weighted by Crippen LogP contribution is 2.11. The fourth-order valence-electron chi connectivity index (χ4n) is 1.50. The molecule has 1 heterocycles. The zero-order valence-electron chi connectivity index (χ0n) is 7.47. The van der Waals surface area contributed by atoms with Crippen LogP contribution in [0, 0.1) is 5.92 Å². The third-order valence-corrected chi connectivity index (χ3v) is 2.24. The molecule has 4 nitrogen and oxygen atoms in total. The topological polar surface area (TPSA) is 67.2 Å². The van der Waals surface area contributed by atoms with Gasteiger partial charge >= 0.3 is 0 Å². The van der Waals surface area contributed by atoms with Gasteiger partial charge in [-0.1, -0.05) is 0 Å². The fourth-order valence-corrected chi connectivity index (χ4v) is 1.50. The van der Waals surface area contributed by atoms with E-state index in [1.807, 2.05) is 0 Å². The zero-order chi connectivity index (χ0) is 8.97. The fraction of sp³-hybridized carbons (Fsp3) is 0.875. The van der Waals surface area contributed by atoms with Gasteiger partial charge in [0.1, 0.15) is 0 Å². The van der Waals surface area contributed by atoms with Crippen LogP contribution in [0.1, 0.15) is 13.3 Å². The number of nitrogens with two attached hydrogens (primary N) is 1. The van der Waals surface area contributed by atoms with Crippen LogP contribution >= 0.6 is 0 Å². The first-order valence-electron chi connectivity index (χ1n) is 4.40. The molecule has 0 aromatic rings. The van der Waals surface area contributed by atoms with Crippen molar-refractivity contribution in [3.63, 3.8) is 0 Å². The maximum atomic E-state index is 10.6. The summed E-state index contributed by atoms with van der Waals surface area (Å²) in [6.07, 6.45) is 1.08. The van der Waals surface area contributed by atoms with Crippen LogP contribution in [-0.4, -0.2) is 31.6 Å². The largest absolute Gasteiger partial charge is 0.355 e. The van der Waals surface area contributed by atoms with Crippen LogP contribution in [0.3, 0.4) is 0 Å². The van der Waals surface area contributed by atoms with Crippen LogP contribution in [0.5, 0.6) is 0 Å². The Morgan fingerprint density at radius 1 is 1.75 bits per heavy atom. The van der Waals surface area contributed by atoms with Crippen molar-refractivity contribution in [2.75, 3.05) is 19.6 Å². The molecule has 0 radical (unpaired) electrons. The average molecular weight is 171 g/mol. The Morgan fingerprint density at radius 3 is 3.00 bits per heavy atom. The Morgan fingerprint density at radius 2 is 2.50 bits per heavy atom. The van der Waals surface area contributed by atoms with E-state index in [0.29, 0.717) is 12.0 Å². The van der Waals surface area contributed by atoms with E-state index in [0.717, 1.165) is 26.1 Å². The minimum Gasteiger partial charge on any atom is -0.355 e. The summed E-state index contributed by atoms with van der Waals surface area (Å²) >= 11 is 0. The second-order valence-electron chi connectivity index (χ2n) is 3.38. The van der Waals surface area contributed by atoms with Crippen molar-refractivity contribution in [1.29, 1.82) is 0 Å². The molecule has 70 valence electrons. The highest BCUT2D eigenvalue weighted by molar-refractivity contribution is 5.72. The van der Waals surface area contributed by atoms with Gasteiger partial charge in [0.05, 0.1) is 0 Å². The molecule has 2 atom stereocenters. The molecule has 1 amide bonds. The zero-order valence-corrected chi connectivity index (χ0v) is 7.47. The van der Waals surface area contributed by atoms with Crippen molar-refractivity contribution in [2.45, 2.75) is 19.4 Å². The molecule has 4 heteroatoms. The van der Waals surface area contributed by atoms with E-state index in [2.05, 4.69) is 10.6 Å². The first kappa shape index (κ1) is 9.48. The SMILES string of the molecule is CC(=O)NCC1CC(CN)CN1. The number of carbonyl (C=O) groups excluding carboxylic acids is 1. The van der Waals surface area contributed by atoms with Crippen molar-refractivity contribution < 1.29 is 4.79 Å². The Hall–Kier alpha value is -0.610. The lowest BCUT2D eigenvalue weighted by Gasteiger charge is -2.09. The van der Waals surface area contributed by atoms with Gasteiger partial charge in [-0.05, 0) is 25.4 Å². The van der Waals surface area contributed by atoms with E-state index in [1.165, 1.54) is 6.92 Å². The number of rotatable bonds is 3. The molecule has 0 aliphatic carbocycles. The molecule has 1 aliphatic rings. The quantitative estimate of drug-likeness (QED) is 0.513. The second kappa shape index (κ2) is 4.42. The van der Waals surface area contributed by atoms with Crippen molar-refractivity contribution in [3.05, 3.63) is 0 Å². The Labute approximate surface area is 72.9 Å². The summed E-state index contributed by atoms with van der Waals surface area (Å²) in [5, 5.41) is 6.11. The molecule has 0 bridgehead atoms. The van der Waals surface area contributed by atoms with Gasteiger partial charge in [-0.25, -0.2) is 0 Å².